The lowest BCUT2D eigenvalue weighted by Gasteiger charge is -2.31. The maximum absolute atomic E-state index is 6.60. The molecule has 0 saturated heterocycles. The molecule has 0 aliphatic heterocycles. The Kier molecular flexibility index (Phi) is 2.94. The Balaban J connectivity index is 2.22. The number of pyridine rings is 1. The van der Waals surface area contributed by atoms with Gasteiger partial charge < -0.3 is 4.74 Å². The minimum atomic E-state index is 0.318. The van der Waals surface area contributed by atoms with Gasteiger partial charge in [-0.1, -0.05) is 25.4 Å². The van der Waals surface area contributed by atoms with Gasteiger partial charge in [-0.25, -0.2) is 0 Å². The van der Waals surface area contributed by atoms with Crippen molar-refractivity contribution in [3.63, 3.8) is 0 Å². The summed E-state index contributed by atoms with van der Waals surface area (Å²) >= 11 is 6.60. The van der Waals surface area contributed by atoms with Crippen LogP contribution in [0.2, 0.25) is 5.02 Å². The van der Waals surface area contributed by atoms with E-state index in [1.165, 1.54) is 12.0 Å². The summed E-state index contributed by atoms with van der Waals surface area (Å²) in [4.78, 5) is 4.79. The van der Waals surface area contributed by atoms with E-state index in [1.807, 2.05) is 18.2 Å². The van der Waals surface area contributed by atoms with Crippen molar-refractivity contribution in [1.82, 2.24) is 4.98 Å². The minimum Gasteiger partial charge on any atom is -0.497 e. The van der Waals surface area contributed by atoms with Crippen molar-refractivity contribution in [3.05, 3.63) is 34.5 Å². The molecule has 1 aromatic carbocycles. The Bertz CT molecular complexity index is 649. The minimum absolute atomic E-state index is 0.318. The first kappa shape index (κ1) is 12.7. The number of nitrogens with zero attached hydrogens (tertiary/aromatic N) is 1. The summed E-state index contributed by atoms with van der Waals surface area (Å²) in [6.45, 7) is 4.59. The average molecular weight is 276 g/mol. The molecule has 0 bridgehead atoms. The van der Waals surface area contributed by atoms with Crippen LogP contribution in [0.15, 0.2) is 18.2 Å². The van der Waals surface area contributed by atoms with E-state index in [-0.39, 0.29) is 0 Å². The van der Waals surface area contributed by atoms with Crippen molar-refractivity contribution < 1.29 is 4.74 Å². The number of hydrogen-bond donors (Lipinski definition) is 0. The van der Waals surface area contributed by atoms with Gasteiger partial charge in [0.15, 0.2) is 0 Å². The number of methoxy groups -OCH3 is 1. The Morgan fingerprint density at radius 3 is 2.84 bits per heavy atom. The normalized spacial score (nSPS) is 17.3. The molecular weight excluding hydrogens is 258 g/mol. The smallest absolute Gasteiger partial charge is 0.121 e. The fraction of sp³-hybridized carbons (Fsp3) is 0.438. The number of ether oxygens (including phenoxy) is 1. The molecule has 2 aromatic rings. The third-order valence-electron chi connectivity index (χ3n) is 4.00. The van der Waals surface area contributed by atoms with Crippen molar-refractivity contribution >= 4 is 22.5 Å². The molecule has 3 rings (SSSR count). The van der Waals surface area contributed by atoms with Gasteiger partial charge in [-0.3, -0.25) is 4.98 Å². The predicted molar refractivity (Wildman–Crippen MR) is 79.1 cm³/mol. The Labute approximate surface area is 118 Å². The van der Waals surface area contributed by atoms with Crippen molar-refractivity contribution in [2.24, 2.45) is 5.41 Å². The second kappa shape index (κ2) is 4.38. The maximum Gasteiger partial charge on any atom is 0.121 e. The fourth-order valence-corrected chi connectivity index (χ4v) is 3.16. The first-order chi connectivity index (χ1) is 9.00. The zero-order chi connectivity index (χ0) is 13.6. The van der Waals surface area contributed by atoms with Crippen LogP contribution >= 0.6 is 11.6 Å². The molecular formula is C16H18ClNO. The number of rotatable bonds is 1. The van der Waals surface area contributed by atoms with E-state index < -0.39 is 0 Å². The quantitative estimate of drug-likeness (QED) is 0.769. The number of aromatic nitrogens is 1. The average Bonchev–Trinajstić information content (AvgIpc) is 2.39. The van der Waals surface area contributed by atoms with E-state index in [1.54, 1.807) is 7.11 Å². The van der Waals surface area contributed by atoms with Crippen molar-refractivity contribution in [3.8, 4) is 5.75 Å². The highest BCUT2D eigenvalue weighted by atomic mass is 35.5. The van der Waals surface area contributed by atoms with Crippen LogP contribution in [0.1, 0.15) is 31.5 Å². The Morgan fingerprint density at radius 1 is 1.32 bits per heavy atom. The highest BCUT2D eigenvalue weighted by Gasteiger charge is 2.28. The van der Waals surface area contributed by atoms with E-state index in [0.717, 1.165) is 40.2 Å². The first-order valence-corrected chi connectivity index (χ1v) is 7.03. The summed E-state index contributed by atoms with van der Waals surface area (Å²) in [5.41, 5.74) is 3.64. The summed E-state index contributed by atoms with van der Waals surface area (Å²) in [5.74, 6) is 0.826. The van der Waals surface area contributed by atoms with Gasteiger partial charge in [-0.15, -0.1) is 0 Å². The van der Waals surface area contributed by atoms with Crippen LogP contribution in [0, 0.1) is 5.41 Å². The van der Waals surface area contributed by atoms with Crippen molar-refractivity contribution in [1.29, 1.82) is 0 Å². The second-order valence-corrected chi connectivity index (χ2v) is 6.45. The first-order valence-electron chi connectivity index (χ1n) is 6.65. The lowest BCUT2D eigenvalue weighted by atomic mass is 9.76. The molecule has 0 N–H and O–H groups in total. The van der Waals surface area contributed by atoms with Crippen molar-refractivity contribution in [2.45, 2.75) is 33.1 Å². The molecule has 1 aromatic heterocycles. The zero-order valence-electron chi connectivity index (χ0n) is 11.6. The maximum atomic E-state index is 6.60. The van der Waals surface area contributed by atoms with Gasteiger partial charge in [0.2, 0.25) is 0 Å². The molecule has 3 heteroatoms. The van der Waals surface area contributed by atoms with Crippen LogP contribution < -0.4 is 4.74 Å². The predicted octanol–water partition coefficient (Wildman–Crippen LogP) is 4.41. The van der Waals surface area contributed by atoms with Gasteiger partial charge in [-0.2, -0.15) is 0 Å². The summed E-state index contributed by atoms with van der Waals surface area (Å²) in [5, 5.41) is 1.90. The van der Waals surface area contributed by atoms with E-state index in [9.17, 15) is 0 Å². The molecule has 1 heterocycles. The number of aryl methyl sites for hydroxylation is 1. The molecule has 19 heavy (non-hydrogen) atoms. The van der Waals surface area contributed by atoms with E-state index in [0.29, 0.717) is 5.41 Å². The molecule has 0 saturated carbocycles. The van der Waals surface area contributed by atoms with Crippen LogP contribution in [-0.2, 0) is 12.8 Å². The van der Waals surface area contributed by atoms with Gasteiger partial charge in [0.1, 0.15) is 5.75 Å². The van der Waals surface area contributed by atoms with Gasteiger partial charge >= 0.3 is 0 Å². The largest absolute Gasteiger partial charge is 0.497 e. The molecule has 0 fully saturated rings. The van der Waals surface area contributed by atoms with E-state index >= 15 is 0 Å². The summed E-state index contributed by atoms with van der Waals surface area (Å²) in [6.07, 6.45) is 3.18. The highest BCUT2D eigenvalue weighted by Crippen LogP contribution is 2.40. The van der Waals surface area contributed by atoms with Crippen LogP contribution in [0.3, 0.4) is 0 Å². The summed E-state index contributed by atoms with van der Waals surface area (Å²) in [6, 6.07) is 5.91. The molecule has 0 radical (unpaired) electrons. The van der Waals surface area contributed by atoms with Crippen LogP contribution in [-0.4, -0.2) is 12.1 Å². The van der Waals surface area contributed by atoms with Gasteiger partial charge in [0.25, 0.3) is 0 Å². The van der Waals surface area contributed by atoms with Crippen LogP contribution in [0.4, 0.5) is 0 Å². The fourth-order valence-electron chi connectivity index (χ4n) is 2.83. The van der Waals surface area contributed by atoms with Crippen LogP contribution in [0.5, 0.6) is 5.75 Å². The molecule has 1 aliphatic carbocycles. The molecule has 2 nitrogen and oxygen atoms in total. The molecule has 100 valence electrons. The van der Waals surface area contributed by atoms with E-state index in [4.69, 9.17) is 21.3 Å². The van der Waals surface area contributed by atoms with Gasteiger partial charge in [-0.05, 0) is 42.4 Å². The molecule has 1 aliphatic rings. The standard InChI is InChI=1S/C16H18ClNO/c1-16(2)7-6-13-12(9-16)15(17)11-5-4-10(19-3)8-14(11)18-13/h4-5,8H,6-7,9H2,1-3H3. The molecule has 0 unspecified atom stereocenters. The summed E-state index contributed by atoms with van der Waals surface area (Å²) < 4.78 is 5.26. The van der Waals surface area contributed by atoms with Crippen molar-refractivity contribution in [2.75, 3.05) is 7.11 Å². The highest BCUT2D eigenvalue weighted by molar-refractivity contribution is 6.36. The lowest BCUT2D eigenvalue weighted by Crippen LogP contribution is -2.23. The monoisotopic (exact) mass is 275 g/mol. The lowest BCUT2D eigenvalue weighted by molar-refractivity contribution is 0.313. The Hall–Kier alpha value is -1.28. The number of halogens is 1. The topological polar surface area (TPSA) is 22.1 Å². The molecule has 0 atom stereocenters. The van der Waals surface area contributed by atoms with Crippen LogP contribution in [0.25, 0.3) is 10.9 Å². The third kappa shape index (κ3) is 2.18. The molecule has 0 spiro atoms. The van der Waals surface area contributed by atoms with E-state index in [2.05, 4.69) is 13.8 Å². The number of benzene rings is 1. The molecule has 0 amide bonds. The van der Waals surface area contributed by atoms with Gasteiger partial charge in [0.05, 0.1) is 17.6 Å². The Morgan fingerprint density at radius 2 is 2.11 bits per heavy atom. The zero-order valence-corrected chi connectivity index (χ0v) is 12.3. The summed E-state index contributed by atoms with van der Waals surface area (Å²) in [7, 11) is 1.67. The van der Waals surface area contributed by atoms with Gasteiger partial charge in [0, 0.05) is 17.1 Å². The number of hydrogen-bond acceptors (Lipinski definition) is 2. The second-order valence-electron chi connectivity index (χ2n) is 6.08. The third-order valence-corrected chi connectivity index (χ3v) is 4.44. The SMILES string of the molecule is COc1ccc2c(Cl)c3c(nc2c1)CCC(C)(C)C3. The number of fused-ring (bicyclic) bond motifs is 2.